The van der Waals surface area contributed by atoms with Crippen LogP contribution in [0.2, 0.25) is 0 Å². The summed E-state index contributed by atoms with van der Waals surface area (Å²) >= 11 is 3.73. The van der Waals surface area contributed by atoms with Crippen LogP contribution in [0.25, 0.3) is 0 Å². The number of halogens is 1. The van der Waals surface area contributed by atoms with Gasteiger partial charge in [-0.2, -0.15) is 0 Å². The Morgan fingerprint density at radius 1 is 1.07 bits per heavy atom. The van der Waals surface area contributed by atoms with Crippen LogP contribution in [0.3, 0.4) is 0 Å². The summed E-state index contributed by atoms with van der Waals surface area (Å²) in [5.74, 6) is -1.09. The zero-order chi connectivity index (χ0) is 19.3. The van der Waals surface area contributed by atoms with Gasteiger partial charge in [-0.3, -0.25) is 9.79 Å². The second-order valence-corrected chi connectivity index (χ2v) is 8.13. The van der Waals surface area contributed by atoms with Crippen LogP contribution >= 0.6 is 15.9 Å². The minimum absolute atomic E-state index is 0.0867. The lowest BCUT2D eigenvalue weighted by Gasteiger charge is -2.36. The van der Waals surface area contributed by atoms with E-state index in [-0.39, 0.29) is 5.78 Å². The first-order valence-corrected chi connectivity index (χ1v) is 9.46. The molecule has 0 radical (unpaired) electrons. The predicted molar refractivity (Wildman–Crippen MR) is 108 cm³/mol. The first kappa shape index (κ1) is 17.9. The highest BCUT2D eigenvalue weighted by atomic mass is 79.9. The number of aliphatic imine (C=N–C) groups is 1. The molecule has 1 heterocycles. The number of hydrogen-bond acceptors (Lipinski definition) is 4. The van der Waals surface area contributed by atoms with Crippen molar-refractivity contribution in [1.29, 1.82) is 0 Å². The molecule has 0 N–H and O–H groups in total. The maximum absolute atomic E-state index is 13.5. The fourth-order valence-corrected chi connectivity index (χ4v) is 4.97. The number of carbonyl (C=O) groups excluding carboxylic acids is 2. The van der Waals surface area contributed by atoms with E-state index in [9.17, 15) is 9.59 Å². The van der Waals surface area contributed by atoms with E-state index in [1.54, 1.807) is 13.0 Å². The van der Waals surface area contributed by atoms with E-state index < -0.39 is 16.2 Å². The number of methoxy groups -OCH3 is 1. The molecule has 1 aliphatic carbocycles. The topological polar surface area (TPSA) is 55.7 Å². The number of esters is 1. The molecule has 4 rings (SSSR count). The molecule has 2 aromatic carbocycles. The molecule has 2 unspecified atom stereocenters. The van der Waals surface area contributed by atoms with Gasteiger partial charge in [-0.1, -0.05) is 70.0 Å². The highest BCUT2D eigenvalue weighted by Crippen LogP contribution is 2.53. The molecule has 0 fully saturated rings. The molecular weight excluding hydrogens is 406 g/mol. The van der Waals surface area contributed by atoms with Crippen LogP contribution in [0.4, 0.5) is 0 Å². The summed E-state index contributed by atoms with van der Waals surface area (Å²) in [5.41, 5.74) is 5.02. The van der Waals surface area contributed by atoms with Crippen molar-refractivity contribution in [3.05, 3.63) is 82.1 Å². The van der Waals surface area contributed by atoms with Crippen molar-refractivity contribution < 1.29 is 14.3 Å². The van der Waals surface area contributed by atoms with Crippen molar-refractivity contribution in [3.63, 3.8) is 0 Å². The molecule has 0 bridgehead atoms. The molecule has 1 aliphatic heterocycles. The van der Waals surface area contributed by atoms with Gasteiger partial charge in [0.05, 0.1) is 18.4 Å². The van der Waals surface area contributed by atoms with Gasteiger partial charge in [0.2, 0.25) is 0 Å². The van der Waals surface area contributed by atoms with Crippen LogP contribution in [0.15, 0.2) is 64.8 Å². The highest BCUT2D eigenvalue weighted by molar-refractivity contribution is 9.10. The molecule has 2 aromatic rings. The summed E-state index contributed by atoms with van der Waals surface area (Å²) in [5, 5.41) is 0. The maximum atomic E-state index is 13.5. The van der Waals surface area contributed by atoms with Crippen molar-refractivity contribution in [2.45, 2.75) is 24.1 Å². The molecule has 5 heteroatoms. The van der Waals surface area contributed by atoms with Gasteiger partial charge in [0, 0.05) is 22.7 Å². The van der Waals surface area contributed by atoms with E-state index >= 15 is 0 Å². The van der Waals surface area contributed by atoms with Gasteiger partial charge in [0.15, 0.2) is 5.78 Å². The molecule has 2 atom stereocenters. The van der Waals surface area contributed by atoms with Gasteiger partial charge >= 0.3 is 5.97 Å². The summed E-state index contributed by atoms with van der Waals surface area (Å²) in [6.07, 6.45) is 0. The number of Topliss-reactive ketones (excluding diaryl/α,β-unsaturated/α-hetero) is 1. The van der Waals surface area contributed by atoms with E-state index in [2.05, 4.69) is 20.9 Å². The Morgan fingerprint density at radius 2 is 1.70 bits per heavy atom. The lowest BCUT2D eigenvalue weighted by atomic mass is 9.75. The predicted octanol–water partition coefficient (Wildman–Crippen LogP) is 4.36. The Morgan fingerprint density at radius 3 is 2.33 bits per heavy atom. The van der Waals surface area contributed by atoms with E-state index in [0.29, 0.717) is 22.5 Å². The molecular formula is C22H18BrNO3. The Labute approximate surface area is 166 Å². The lowest BCUT2D eigenvalue weighted by Crippen LogP contribution is -2.46. The van der Waals surface area contributed by atoms with Gasteiger partial charge in [0.25, 0.3) is 0 Å². The van der Waals surface area contributed by atoms with Gasteiger partial charge in [0.1, 0.15) is 4.32 Å². The van der Waals surface area contributed by atoms with Gasteiger partial charge in [-0.25, -0.2) is 4.79 Å². The van der Waals surface area contributed by atoms with Crippen molar-refractivity contribution >= 4 is 33.4 Å². The molecule has 136 valence electrons. The summed E-state index contributed by atoms with van der Waals surface area (Å²) in [4.78, 5) is 30.8. The number of allylic oxidation sites excluding steroid dienone is 1. The summed E-state index contributed by atoms with van der Waals surface area (Å²) < 4.78 is 3.91. The molecule has 4 nitrogen and oxygen atoms in total. The van der Waals surface area contributed by atoms with Gasteiger partial charge in [-0.05, 0) is 19.4 Å². The van der Waals surface area contributed by atoms with E-state index in [1.165, 1.54) is 7.11 Å². The summed E-state index contributed by atoms with van der Waals surface area (Å²) in [6.45, 7) is 3.79. The minimum atomic E-state index is -1.13. The summed E-state index contributed by atoms with van der Waals surface area (Å²) in [6, 6.07) is 15.3. The van der Waals surface area contributed by atoms with E-state index in [0.717, 1.165) is 16.7 Å². The SMILES string of the molecule is COC(=O)C1=C(C)N=C2c3ccccc3C(=O)C2(Br)C1c1ccc(C)cc1. The van der Waals surface area contributed by atoms with Crippen LogP contribution < -0.4 is 0 Å². The lowest BCUT2D eigenvalue weighted by molar-refractivity contribution is -0.136. The minimum Gasteiger partial charge on any atom is -0.466 e. The molecule has 0 aromatic heterocycles. The van der Waals surface area contributed by atoms with Crippen LogP contribution in [-0.4, -0.2) is 28.9 Å². The molecule has 2 aliphatic rings. The van der Waals surface area contributed by atoms with Crippen molar-refractivity contribution in [3.8, 4) is 0 Å². The molecule has 27 heavy (non-hydrogen) atoms. The van der Waals surface area contributed by atoms with Gasteiger partial charge < -0.3 is 4.74 Å². The molecule has 0 saturated heterocycles. The number of nitrogens with zero attached hydrogens (tertiary/aromatic N) is 1. The normalized spacial score (nSPS) is 23.6. The van der Waals surface area contributed by atoms with Crippen LogP contribution in [0.1, 0.15) is 39.9 Å². The standard InChI is InChI=1S/C22H18BrNO3/c1-12-8-10-14(11-9-12)18-17(21(26)27-3)13(2)24-19-15-6-4-5-7-16(15)20(25)22(18,19)23/h4-11,18H,1-3H3. The Balaban J connectivity index is 2.03. The number of rotatable bonds is 2. The quantitative estimate of drug-likeness (QED) is 0.532. The average molecular weight is 424 g/mol. The van der Waals surface area contributed by atoms with E-state index in [4.69, 9.17) is 4.74 Å². The zero-order valence-electron chi connectivity index (χ0n) is 15.2. The number of benzene rings is 2. The first-order chi connectivity index (χ1) is 12.9. The first-order valence-electron chi connectivity index (χ1n) is 8.67. The molecule has 0 spiro atoms. The summed E-state index contributed by atoms with van der Waals surface area (Å²) in [7, 11) is 1.35. The van der Waals surface area contributed by atoms with Crippen LogP contribution in [0.5, 0.6) is 0 Å². The monoisotopic (exact) mass is 423 g/mol. The molecule has 0 saturated carbocycles. The third kappa shape index (κ3) is 2.45. The van der Waals surface area contributed by atoms with Crippen molar-refractivity contribution in [1.82, 2.24) is 0 Å². The second kappa shape index (κ2) is 6.27. The average Bonchev–Trinajstić information content (AvgIpc) is 2.89. The Kier molecular flexibility index (Phi) is 4.15. The van der Waals surface area contributed by atoms with Crippen LogP contribution in [-0.2, 0) is 9.53 Å². The van der Waals surface area contributed by atoms with E-state index in [1.807, 2.05) is 49.4 Å². The molecule has 0 amide bonds. The smallest absolute Gasteiger partial charge is 0.336 e. The van der Waals surface area contributed by atoms with Crippen molar-refractivity contribution in [2.75, 3.05) is 7.11 Å². The number of carbonyl (C=O) groups is 2. The van der Waals surface area contributed by atoms with Gasteiger partial charge in [-0.15, -0.1) is 0 Å². The number of alkyl halides is 1. The third-order valence-corrected chi connectivity index (χ3v) is 6.47. The number of ketones is 1. The van der Waals surface area contributed by atoms with Crippen LogP contribution in [0, 0.1) is 6.92 Å². The Hall–Kier alpha value is -2.53. The largest absolute Gasteiger partial charge is 0.466 e. The third-order valence-electron chi connectivity index (χ3n) is 5.27. The number of aryl methyl sites for hydroxylation is 1. The number of ether oxygens (including phenoxy) is 1. The fraction of sp³-hybridized carbons (Fsp3) is 0.227. The Bertz CT molecular complexity index is 1040. The zero-order valence-corrected chi connectivity index (χ0v) is 16.8. The fourth-order valence-electron chi connectivity index (χ4n) is 3.96. The highest BCUT2D eigenvalue weighted by Gasteiger charge is 2.58. The number of hydrogen-bond donors (Lipinski definition) is 0. The number of fused-ring (bicyclic) bond motifs is 3. The maximum Gasteiger partial charge on any atom is 0.336 e. The second-order valence-electron chi connectivity index (χ2n) is 6.88. The van der Waals surface area contributed by atoms with Crippen molar-refractivity contribution in [2.24, 2.45) is 4.99 Å².